The number of benzene rings is 1. The van der Waals surface area contributed by atoms with Crippen molar-refractivity contribution in [2.24, 2.45) is 0 Å². The van der Waals surface area contributed by atoms with Gasteiger partial charge in [-0.25, -0.2) is 0 Å². The summed E-state index contributed by atoms with van der Waals surface area (Å²) in [7, 11) is 1.76. The average molecular weight is 264 g/mol. The van der Waals surface area contributed by atoms with Crippen LogP contribution in [0.3, 0.4) is 0 Å². The van der Waals surface area contributed by atoms with Gasteiger partial charge >= 0.3 is 0 Å². The van der Waals surface area contributed by atoms with Gasteiger partial charge < -0.3 is 15.2 Å². The van der Waals surface area contributed by atoms with Gasteiger partial charge in [-0.15, -0.1) is 0 Å². The van der Waals surface area contributed by atoms with E-state index in [0.29, 0.717) is 5.75 Å². The van der Waals surface area contributed by atoms with Gasteiger partial charge in [0, 0.05) is 45.1 Å². The third kappa shape index (κ3) is 5.09. The van der Waals surface area contributed by atoms with E-state index in [-0.39, 0.29) is 0 Å². The molecular formula is C15H24N2O2. The lowest BCUT2D eigenvalue weighted by molar-refractivity contribution is 0.170. The lowest BCUT2D eigenvalue weighted by Crippen LogP contribution is -2.32. The molecule has 1 aliphatic rings. The zero-order chi connectivity index (χ0) is 13.5. The maximum absolute atomic E-state index is 9.22. The Balaban J connectivity index is 1.68. The lowest BCUT2D eigenvalue weighted by Gasteiger charge is -2.22. The normalized spacial score (nSPS) is 14.8. The molecule has 0 amide bonds. The van der Waals surface area contributed by atoms with Crippen LogP contribution < -0.4 is 5.32 Å². The predicted molar refractivity (Wildman–Crippen MR) is 77.7 cm³/mol. The number of phenols is 1. The smallest absolute Gasteiger partial charge is 0.115 e. The molecule has 0 radical (unpaired) electrons. The fourth-order valence-corrected chi connectivity index (χ4v) is 2.25. The molecule has 0 unspecified atom stereocenters. The van der Waals surface area contributed by atoms with Crippen molar-refractivity contribution in [3.05, 3.63) is 24.3 Å². The molecule has 106 valence electrons. The van der Waals surface area contributed by atoms with Crippen LogP contribution in [0.4, 0.5) is 5.69 Å². The summed E-state index contributed by atoms with van der Waals surface area (Å²) in [6, 6.07) is 8.02. The maximum atomic E-state index is 9.22. The Morgan fingerprint density at radius 2 is 2.00 bits per heavy atom. The molecule has 1 fully saturated rings. The summed E-state index contributed by atoms with van der Waals surface area (Å²) in [5, 5.41) is 12.6. The number of nitrogens with zero attached hydrogens (tertiary/aromatic N) is 1. The highest BCUT2D eigenvalue weighted by Crippen LogP contribution is 2.26. The highest BCUT2D eigenvalue weighted by molar-refractivity contribution is 5.45. The molecule has 0 saturated heterocycles. The number of ether oxygens (including phenoxy) is 1. The van der Waals surface area contributed by atoms with Crippen molar-refractivity contribution in [2.45, 2.75) is 25.3 Å². The number of methoxy groups -OCH3 is 1. The van der Waals surface area contributed by atoms with E-state index in [1.54, 1.807) is 19.2 Å². The largest absolute Gasteiger partial charge is 0.508 e. The number of hydrogen-bond acceptors (Lipinski definition) is 4. The summed E-state index contributed by atoms with van der Waals surface area (Å²) in [5.41, 5.74) is 1.06. The first-order valence-corrected chi connectivity index (χ1v) is 7.05. The quantitative estimate of drug-likeness (QED) is 0.530. The van der Waals surface area contributed by atoms with Crippen LogP contribution in [-0.4, -0.2) is 49.4 Å². The third-order valence-electron chi connectivity index (χ3n) is 3.45. The van der Waals surface area contributed by atoms with E-state index in [9.17, 15) is 5.11 Å². The maximum Gasteiger partial charge on any atom is 0.115 e. The molecule has 1 aliphatic carbocycles. The molecule has 0 spiro atoms. The van der Waals surface area contributed by atoms with E-state index < -0.39 is 0 Å². The molecule has 19 heavy (non-hydrogen) atoms. The van der Waals surface area contributed by atoms with Crippen LogP contribution in [0, 0.1) is 0 Å². The van der Waals surface area contributed by atoms with Crippen LogP contribution in [0.1, 0.15) is 19.3 Å². The molecule has 0 aromatic heterocycles. The second-order valence-corrected chi connectivity index (χ2v) is 5.09. The first kappa shape index (κ1) is 14.2. The SMILES string of the molecule is COCCCN(CCNc1ccc(O)cc1)C1CC1. The Morgan fingerprint density at radius 3 is 2.63 bits per heavy atom. The molecule has 0 heterocycles. The van der Waals surface area contributed by atoms with E-state index in [2.05, 4.69) is 10.2 Å². The van der Waals surface area contributed by atoms with E-state index >= 15 is 0 Å². The van der Waals surface area contributed by atoms with Gasteiger partial charge in [-0.1, -0.05) is 0 Å². The minimum atomic E-state index is 0.310. The van der Waals surface area contributed by atoms with Gasteiger partial charge in [0.25, 0.3) is 0 Å². The Bertz CT molecular complexity index is 363. The Morgan fingerprint density at radius 1 is 1.26 bits per heavy atom. The molecule has 0 aliphatic heterocycles. The lowest BCUT2D eigenvalue weighted by atomic mass is 10.3. The fourth-order valence-electron chi connectivity index (χ4n) is 2.25. The molecule has 0 bridgehead atoms. The highest BCUT2D eigenvalue weighted by Gasteiger charge is 2.27. The fraction of sp³-hybridized carbons (Fsp3) is 0.600. The molecule has 2 N–H and O–H groups in total. The molecule has 1 saturated carbocycles. The third-order valence-corrected chi connectivity index (χ3v) is 3.45. The van der Waals surface area contributed by atoms with Crippen molar-refractivity contribution in [3.63, 3.8) is 0 Å². The standard InChI is InChI=1S/C15H24N2O2/c1-19-12-2-10-17(14-5-6-14)11-9-16-13-3-7-15(18)8-4-13/h3-4,7-8,14,16,18H,2,5-6,9-12H2,1H3. The van der Waals surface area contributed by atoms with Crippen LogP contribution in [0.2, 0.25) is 0 Å². The van der Waals surface area contributed by atoms with Crippen molar-refractivity contribution >= 4 is 5.69 Å². The van der Waals surface area contributed by atoms with Gasteiger partial charge in [0.15, 0.2) is 0 Å². The Hall–Kier alpha value is -1.26. The monoisotopic (exact) mass is 264 g/mol. The summed E-state index contributed by atoms with van der Waals surface area (Å²) < 4.78 is 5.11. The van der Waals surface area contributed by atoms with E-state index in [4.69, 9.17) is 4.74 Å². The zero-order valence-electron chi connectivity index (χ0n) is 11.6. The van der Waals surface area contributed by atoms with Crippen molar-refractivity contribution in [3.8, 4) is 5.75 Å². The van der Waals surface area contributed by atoms with Gasteiger partial charge in [-0.05, 0) is 43.5 Å². The van der Waals surface area contributed by atoms with Gasteiger partial charge in [-0.2, -0.15) is 0 Å². The predicted octanol–water partition coefficient (Wildman–Crippen LogP) is 2.30. The minimum absolute atomic E-state index is 0.310. The van der Waals surface area contributed by atoms with Crippen molar-refractivity contribution < 1.29 is 9.84 Å². The Labute approximate surface area is 115 Å². The molecular weight excluding hydrogens is 240 g/mol. The van der Waals surface area contributed by atoms with Gasteiger partial charge in [0.05, 0.1) is 0 Å². The average Bonchev–Trinajstić information content (AvgIpc) is 3.24. The van der Waals surface area contributed by atoms with Crippen molar-refractivity contribution in [2.75, 3.05) is 38.7 Å². The number of nitrogens with one attached hydrogen (secondary N) is 1. The molecule has 0 atom stereocenters. The first-order valence-electron chi connectivity index (χ1n) is 7.05. The number of phenolic OH excluding ortho intramolecular Hbond substituents is 1. The summed E-state index contributed by atoms with van der Waals surface area (Å²) in [5.74, 6) is 0.310. The van der Waals surface area contributed by atoms with Crippen molar-refractivity contribution in [1.29, 1.82) is 0 Å². The summed E-state index contributed by atoms with van der Waals surface area (Å²) >= 11 is 0. The van der Waals surface area contributed by atoms with Crippen LogP contribution in [0.15, 0.2) is 24.3 Å². The number of aromatic hydroxyl groups is 1. The molecule has 4 heteroatoms. The van der Waals surface area contributed by atoms with Crippen LogP contribution >= 0.6 is 0 Å². The van der Waals surface area contributed by atoms with Crippen LogP contribution in [0.25, 0.3) is 0 Å². The molecule has 2 rings (SSSR count). The van der Waals surface area contributed by atoms with Gasteiger partial charge in [0.1, 0.15) is 5.75 Å². The second-order valence-electron chi connectivity index (χ2n) is 5.09. The van der Waals surface area contributed by atoms with E-state index in [1.165, 1.54) is 12.8 Å². The molecule has 1 aromatic carbocycles. The zero-order valence-corrected chi connectivity index (χ0v) is 11.6. The summed E-state index contributed by atoms with van der Waals surface area (Å²) in [4.78, 5) is 2.55. The Kier molecular flexibility index (Phi) is 5.48. The highest BCUT2D eigenvalue weighted by atomic mass is 16.5. The van der Waals surface area contributed by atoms with Gasteiger partial charge in [0.2, 0.25) is 0 Å². The van der Waals surface area contributed by atoms with Crippen LogP contribution in [0.5, 0.6) is 5.75 Å². The molecule has 1 aromatic rings. The first-order chi connectivity index (χ1) is 9.29. The number of rotatable bonds is 9. The summed E-state index contributed by atoms with van der Waals surface area (Å²) in [6.45, 7) is 3.97. The molecule has 4 nitrogen and oxygen atoms in total. The topological polar surface area (TPSA) is 44.7 Å². The van der Waals surface area contributed by atoms with Gasteiger partial charge in [-0.3, -0.25) is 4.90 Å². The van der Waals surface area contributed by atoms with E-state index in [0.717, 1.165) is 44.4 Å². The van der Waals surface area contributed by atoms with Crippen LogP contribution in [-0.2, 0) is 4.74 Å². The summed E-state index contributed by atoms with van der Waals surface area (Å²) in [6.07, 6.45) is 3.78. The van der Waals surface area contributed by atoms with Crippen molar-refractivity contribution in [1.82, 2.24) is 4.90 Å². The minimum Gasteiger partial charge on any atom is -0.508 e. The number of anilines is 1. The van der Waals surface area contributed by atoms with E-state index in [1.807, 2.05) is 12.1 Å². The second kappa shape index (κ2) is 7.36. The number of hydrogen-bond donors (Lipinski definition) is 2.